The fourth-order valence-electron chi connectivity index (χ4n) is 3.79. The van der Waals surface area contributed by atoms with Gasteiger partial charge in [-0.2, -0.15) is 0 Å². The summed E-state index contributed by atoms with van der Waals surface area (Å²) in [5.41, 5.74) is 2.34. The third-order valence-electron chi connectivity index (χ3n) is 5.10. The lowest BCUT2D eigenvalue weighted by Gasteiger charge is -2.44. The lowest BCUT2D eigenvalue weighted by atomic mass is 9.82. The van der Waals surface area contributed by atoms with Gasteiger partial charge >= 0.3 is 12.1 Å². The molecule has 0 unspecified atom stereocenters. The van der Waals surface area contributed by atoms with Crippen LogP contribution in [0.2, 0.25) is 0 Å². The number of aliphatic hydroxyl groups excluding tert-OH is 1. The Hall–Kier alpha value is -3.13. The summed E-state index contributed by atoms with van der Waals surface area (Å²) in [5, 5.41) is 12.3. The Morgan fingerprint density at radius 2 is 2.17 bits per heavy atom. The third kappa shape index (κ3) is 3.88. The number of carbonyl (C=O) groups is 3. The van der Waals surface area contributed by atoms with E-state index in [0.717, 1.165) is 11.1 Å². The van der Waals surface area contributed by atoms with Crippen LogP contribution in [0.4, 0.5) is 4.79 Å². The summed E-state index contributed by atoms with van der Waals surface area (Å²) in [6.45, 7) is 5.21. The number of ether oxygens (including phenoxy) is 2. The van der Waals surface area contributed by atoms with Crippen LogP contribution in [0.5, 0.6) is 0 Å². The van der Waals surface area contributed by atoms with Crippen molar-refractivity contribution in [3.63, 3.8) is 0 Å². The number of β-lactam (4-membered cyclic amide) rings is 1. The Labute approximate surface area is 168 Å². The Balaban J connectivity index is 1.93. The average molecular weight is 400 g/mol. The largest absolute Gasteiger partial charge is 0.457 e. The minimum atomic E-state index is -0.805. The molecule has 0 aromatic heterocycles. The highest BCUT2D eigenvalue weighted by Crippen LogP contribution is 2.47. The predicted octanol–water partition coefficient (Wildman–Crippen LogP) is 1.59. The molecular weight excluding hydrogens is 376 g/mol. The fourth-order valence-corrected chi connectivity index (χ4v) is 3.79. The summed E-state index contributed by atoms with van der Waals surface area (Å²) in [4.78, 5) is 38.0. The number of nitrogens with one attached hydrogen (secondary N) is 1. The molecule has 1 aromatic carbocycles. The smallest absolute Gasteiger partial charge is 0.407 e. The van der Waals surface area contributed by atoms with E-state index in [1.54, 1.807) is 19.1 Å². The molecule has 2 heterocycles. The Kier molecular flexibility index (Phi) is 6.03. The van der Waals surface area contributed by atoms with Gasteiger partial charge in [0.05, 0.1) is 18.1 Å². The van der Waals surface area contributed by atoms with Crippen molar-refractivity contribution in [1.29, 1.82) is 0 Å². The lowest BCUT2D eigenvalue weighted by molar-refractivity contribution is -0.162. The summed E-state index contributed by atoms with van der Waals surface area (Å²) in [5.74, 6) is -1.44. The number of nitrogens with zero attached hydrogens (tertiary/aromatic N) is 1. The van der Waals surface area contributed by atoms with Gasteiger partial charge in [-0.05, 0) is 36.1 Å². The monoisotopic (exact) mass is 400 g/mol. The topological polar surface area (TPSA) is 105 Å². The summed E-state index contributed by atoms with van der Waals surface area (Å²) < 4.78 is 10.3. The zero-order chi connectivity index (χ0) is 21.1. The van der Waals surface area contributed by atoms with Gasteiger partial charge < -0.3 is 24.8 Å². The van der Waals surface area contributed by atoms with Crippen LogP contribution in [0, 0.1) is 5.92 Å². The van der Waals surface area contributed by atoms with Crippen LogP contribution in [0.3, 0.4) is 0 Å². The summed E-state index contributed by atoms with van der Waals surface area (Å²) in [7, 11) is 1.48. The molecule has 2 aliphatic heterocycles. The van der Waals surface area contributed by atoms with Gasteiger partial charge in [-0.3, -0.25) is 4.79 Å². The second kappa shape index (κ2) is 8.48. The Morgan fingerprint density at radius 3 is 2.83 bits per heavy atom. The van der Waals surface area contributed by atoms with Gasteiger partial charge in [0.2, 0.25) is 5.91 Å². The van der Waals surface area contributed by atoms with Crippen LogP contribution in [-0.4, -0.2) is 53.8 Å². The molecule has 8 nitrogen and oxygen atoms in total. The molecule has 3 rings (SSSR count). The number of benzene rings is 1. The van der Waals surface area contributed by atoms with E-state index in [1.165, 1.54) is 18.0 Å². The van der Waals surface area contributed by atoms with Crippen LogP contribution in [0.25, 0.3) is 5.57 Å². The van der Waals surface area contributed by atoms with E-state index in [4.69, 9.17) is 9.47 Å². The summed E-state index contributed by atoms with van der Waals surface area (Å²) in [6, 6.07) is 6.95. The van der Waals surface area contributed by atoms with Crippen molar-refractivity contribution < 1.29 is 29.0 Å². The standard InChI is InChI=1S/C21H24N2O6/c1-4-8-28-20(26)18-15(10-16-17(12(2)24)19(25)23(16)18)14-7-5-6-13(9-14)11-29-21(27)22-3/h4-7,9,12,16-17,24H,1,8,10-11H2,2-3H3,(H,22,27)/t12-,16-,17-/m1/s1. The number of alkyl carbamates (subject to hydrolysis) is 1. The minimum Gasteiger partial charge on any atom is -0.457 e. The minimum absolute atomic E-state index is 0.0299. The number of aliphatic hydroxyl groups is 1. The quantitative estimate of drug-likeness (QED) is 0.409. The number of hydrogen-bond acceptors (Lipinski definition) is 6. The highest BCUT2D eigenvalue weighted by Gasteiger charge is 2.57. The van der Waals surface area contributed by atoms with Crippen molar-refractivity contribution in [3.8, 4) is 0 Å². The van der Waals surface area contributed by atoms with Crippen LogP contribution in [-0.2, 0) is 25.7 Å². The molecule has 1 fully saturated rings. The number of fused-ring (bicyclic) bond motifs is 1. The van der Waals surface area contributed by atoms with E-state index in [9.17, 15) is 19.5 Å². The molecule has 29 heavy (non-hydrogen) atoms. The van der Waals surface area contributed by atoms with E-state index >= 15 is 0 Å². The van der Waals surface area contributed by atoms with E-state index in [1.807, 2.05) is 12.1 Å². The molecule has 154 valence electrons. The maximum absolute atomic E-state index is 12.7. The van der Waals surface area contributed by atoms with Crippen molar-refractivity contribution in [2.45, 2.75) is 32.1 Å². The second-order valence-corrected chi connectivity index (χ2v) is 6.99. The second-order valence-electron chi connectivity index (χ2n) is 6.99. The molecule has 1 saturated heterocycles. The van der Waals surface area contributed by atoms with Crippen LogP contribution < -0.4 is 5.32 Å². The molecule has 0 aliphatic carbocycles. The molecule has 2 aliphatic rings. The summed E-state index contributed by atoms with van der Waals surface area (Å²) >= 11 is 0. The van der Waals surface area contributed by atoms with E-state index in [0.29, 0.717) is 12.0 Å². The van der Waals surface area contributed by atoms with Gasteiger partial charge in [0.15, 0.2) is 0 Å². The third-order valence-corrected chi connectivity index (χ3v) is 5.10. The molecule has 1 aromatic rings. The lowest BCUT2D eigenvalue weighted by Crippen LogP contribution is -2.61. The number of rotatable bonds is 7. The van der Waals surface area contributed by atoms with Gasteiger partial charge in [-0.1, -0.05) is 30.9 Å². The van der Waals surface area contributed by atoms with Crippen LogP contribution in [0.15, 0.2) is 42.6 Å². The van der Waals surface area contributed by atoms with Crippen molar-refractivity contribution in [2.24, 2.45) is 5.92 Å². The highest BCUT2D eigenvalue weighted by molar-refractivity contribution is 6.06. The van der Waals surface area contributed by atoms with Gasteiger partial charge in [-0.25, -0.2) is 9.59 Å². The van der Waals surface area contributed by atoms with Crippen molar-refractivity contribution in [1.82, 2.24) is 10.2 Å². The van der Waals surface area contributed by atoms with Gasteiger partial charge in [0, 0.05) is 7.05 Å². The average Bonchev–Trinajstić information content (AvgIpc) is 3.05. The first-order valence-corrected chi connectivity index (χ1v) is 9.35. The maximum Gasteiger partial charge on any atom is 0.407 e. The molecule has 2 amide bonds. The van der Waals surface area contributed by atoms with E-state index in [2.05, 4.69) is 11.9 Å². The first-order valence-electron chi connectivity index (χ1n) is 9.35. The number of amides is 2. The highest BCUT2D eigenvalue weighted by atomic mass is 16.5. The van der Waals surface area contributed by atoms with Crippen molar-refractivity contribution >= 4 is 23.5 Å². The molecule has 2 N–H and O–H groups in total. The molecule has 0 spiro atoms. The number of esters is 1. The van der Waals surface area contributed by atoms with Crippen LogP contribution >= 0.6 is 0 Å². The van der Waals surface area contributed by atoms with E-state index < -0.39 is 24.1 Å². The molecule has 0 saturated carbocycles. The van der Waals surface area contributed by atoms with E-state index in [-0.39, 0.29) is 30.9 Å². The number of hydrogen-bond donors (Lipinski definition) is 2. The first-order chi connectivity index (χ1) is 13.9. The van der Waals surface area contributed by atoms with Crippen molar-refractivity contribution in [2.75, 3.05) is 13.7 Å². The Bertz CT molecular complexity index is 876. The number of carbonyl (C=O) groups excluding carboxylic acids is 3. The first kappa shape index (κ1) is 20.6. The zero-order valence-corrected chi connectivity index (χ0v) is 16.4. The molecule has 3 atom stereocenters. The normalized spacial score (nSPS) is 21.2. The van der Waals surface area contributed by atoms with Crippen LogP contribution in [0.1, 0.15) is 24.5 Å². The predicted molar refractivity (Wildman–Crippen MR) is 104 cm³/mol. The van der Waals surface area contributed by atoms with Crippen molar-refractivity contribution in [3.05, 3.63) is 53.7 Å². The summed E-state index contributed by atoms with van der Waals surface area (Å²) in [6.07, 6.45) is 0.539. The van der Waals surface area contributed by atoms with Gasteiger partial charge in [0.25, 0.3) is 0 Å². The van der Waals surface area contributed by atoms with Gasteiger partial charge in [0.1, 0.15) is 18.9 Å². The Morgan fingerprint density at radius 1 is 1.41 bits per heavy atom. The zero-order valence-electron chi connectivity index (χ0n) is 16.4. The molecule has 0 bridgehead atoms. The fraction of sp³-hybridized carbons (Fsp3) is 0.381. The van der Waals surface area contributed by atoms with Gasteiger partial charge in [-0.15, -0.1) is 0 Å². The molecule has 0 radical (unpaired) electrons. The SMILES string of the molecule is C=CCOC(=O)C1=C(c2cccc(COC(=O)NC)c2)C[C@@H]2[C@@H]([C@@H](C)O)C(=O)N12. The molecule has 8 heteroatoms. The maximum atomic E-state index is 12.7. The molecular formula is C21H24N2O6.